The summed E-state index contributed by atoms with van der Waals surface area (Å²) in [6, 6.07) is 15.1. The van der Waals surface area contributed by atoms with E-state index in [1.807, 2.05) is 37.4 Å². The highest BCUT2D eigenvalue weighted by Crippen LogP contribution is 2.31. The maximum Gasteiger partial charge on any atom is 0.274 e. The van der Waals surface area contributed by atoms with Crippen LogP contribution in [0.3, 0.4) is 0 Å². The summed E-state index contributed by atoms with van der Waals surface area (Å²) in [6.07, 6.45) is 0.848. The molecule has 26 heavy (non-hydrogen) atoms. The third-order valence-electron chi connectivity index (χ3n) is 4.98. The number of hydrogen-bond donors (Lipinski definition) is 2. The third kappa shape index (κ3) is 2.55. The highest BCUT2D eigenvalue weighted by Gasteiger charge is 2.28. The zero-order chi connectivity index (χ0) is 18.3. The molecule has 132 valence electrons. The van der Waals surface area contributed by atoms with Gasteiger partial charge in [-0.05, 0) is 35.7 Å². The van der Waals surface area contributed by atoms with Crippen molar-refractivity contribution in [3.05, 3.63) is 70.9 Å². The van der Waals surface area contributed by atoms with Gasteiger partial charge in [-0.1, -0.05) is 30.3 Å². The molecule has 0 saturated carbocycles. The number of nitrogens with one attached hydrogen (secondary N) is 1. The summed E-state index contributed by atoms with van der Waals surface area (Å²) in [7, 11) is 1.83. The molecule has 0 aliphatic carbocycles. The van der Waals surface area contributed by atoms with Gasteiger partial charge in [0.2, 0.25) is 0 Å². The van der Waals surface area contributed by atoms with Gasteiger partial charge in [0, 0.05) is 36.6 Å². The van der Waals surface area contributed by atoms with Crippen LogP contribution < -0.4 is 5.48 Å². The molecule has 0 spiro atoms. The first-order valence-corrected chi connectivity index (χ1v) is 8.49. The number of nitrogens with zero attached hydrogens (tertiary/aromatic N) is 2. The summed E-state index contributed by atoms with van der Waals surface area (Å²) in [5.41, 5.74) is 5.88. The van der Waals surface area contributed by atoms with Gasteiger partial charge in [0.15, 0.2) is 0 Å². The minimum Gasteiger partial charge on any atom is -0.340 e. The van der Waals surface area contributed by atoms with E-state index in [0.29, 0.717) is 12.1 Å². The van der Waals surface area contributed by atoms with Crippen LogP contribution in [0, 0.1) is 0 Å². The molecule has 3 aromatic rings. The molecule has 2 N–H and O–H groups in total. The van der Waals surface area contributed by atoms with Crippen molar-refractivity contribution in [2.45, 2.75) is 13.0 Å². The molecule has 4 rings (SSSR count). The minimum absolute atomic E-state index is 0.0405. The lowest BCUT2D eigenvalue weighted by Crippen LogP contribution is -2.35. The lowest BCUT2D eigenvalue weighted by molar-refractivity contribution is 0.0706. The molecular weight excluding hydrogens is 330 g/mol. The van der Waals surface area contributed by atoms with Crippen molar-refractivity contribution in [2.75, 3.05) is 13.6 Å². The van der Waals surface area contributed by atoms with Gasteiger partial charge >= 0.3 is 0 Å². The summed E-state index contributed by atoms with van der Waals surface area (Å²) in [5, 5.41) is 9.85. The number of hydrogen-bond acceptors (Lipinski definition) is 3. The van der Waals surface area contributed by atoms with Crippen LogP contribution in [0.25, 0.3) is 10.9 Å². The van der Waals surface area contributed by atoms with Crippen LogP contribution in [0.4, 0.5) is 0 Å². The Labute approximate surface area is 150 Å². The van der Waals surface area contributed by atoms with Crippen molar-refractivity contribution < 1.29 is 14.8 Å². The molecule has 6 heteroatoms. The summed E-state index contributed by atoms with van der Waals surface area (Å²) >= 11 is 0. The Bertz CT molecular complexity index is 1010. The number of benzene rings is 2. The van der Waals surface area contributed by atoms with Gasteiger partial charge in [-0.25, -0.2) is 5.48 Å². The Morgan fingerprint density at radius 1 is 1.15 bits per heavy atom. The molecule has 0 radical (unpaired) electrons. The van der Waals surface area contributed by atoms with Crippen LogP contribution in [0.5, 0.6) is 0 Å². The second-order valence-electron chi connectivity index (χ2n) is 6.55. The van der Waals surface area contributed by atoms with Crippen molar-refractivity contribution in [2.24, 2.45) is 0 Å². The fraction of sp³-hybridized carbons (Fsp3) is 0.200. The summed E-state index contributed by atoms with van der Waals surface area (Å²) in [5.74, 6) is -0.504. The summed E-state index contributed by atoms with van der Waals surface area (Å²) in [6.45, 7) is 1.27. The SMILES string of the molecule is CN1CCc2c(n(Cc3ccc(C(=O)NO)cc3)c3ccccc23)C1=O. The van der Waals surface area contributed by atoms with Crippen molar-refractivity contribution in [3.63, 3.8) is 0 Å². The fourth-order valence-electron chi connectivity index (χ4n) is 3.61. The number of rotatable bonds is 3. The van der Waals surface area contributed by atoms with Gasteiger partial charge in [0.25, 0.3) is 11.8 Å². The number of amides is 2. The van der Waals surface area contributed by atoms with Crippen LogP contribution >= 0.6 is 0 Å². The van der Waals surface area contributed by atoms with Crippen LogP contribution in [0.15, 0.2) is 48.5 Å². The highest BCUT2D eigenvalue weighted by molar-refractivity contribution is 6.02. The van der Waals surface area contributed by atoms with E-state index in [0.717, 1.165) is 40.7 Å². The van der Waals surface area contributed by atoms with Gasteiger partial charge in [0.05, 0.1) is 0 Å². The molecule has 0 unspecified atom stereocenters. The predicted molar refractivity (Wildman–Crippen MR) is 97.4 cm³/mol. The first-order valence-electron chi connectivity index (χ1n) is 8.49. The number of hydroxylamine groups is 1. The number of aromatic nitrogens is 1. The smallest absolute Gasteiger partial charge is 0.274 e. The standard InChI is InChI=1S/C20H19N3O3/c1-22-11-10-16-15-4-2-3-5-17(15)23(18(16)20(22)25)12-13-6-8-14(9-7-13)19(24)21-26/h2-9,26H,10-12H2,1H3,(H,21,24). The first kappa shape index (κ1) is 16.4. The largest absolute Gasteiger partial charge is 0.340 e. The van der Waals surface area contributed by atoms with Crippen molar-refractivity contribution in [1.29, 1.82) is 0 Å². The number of carbonyl (C=O) groups excluding carboxylic acids is 2. The van der Waals surface area contributed by atoms with E-state index in [-0.39, 0.29) is 5.91 Å². The molecular formula is C20H19N3O3. The molecule has 0 atom stereocenters. The topological polar surface area (TPSA) is 74.6 Å². The molecule has 2 heterocycles. The molecule has 0 fully saturated rings. The molecule has 1 aromatic heterocycles. The minimum atomic E-state index is -0.544. The van der Waals surface area contributed by atoms with Crippen LogP contribution in [-0.2, 0) is 13.0 Å². The Hall–Kier alpha value is -3.12. The van der Waals surface area contributed by atoms with Gasteiger partial charge < -0.3 is 9.47 Å². The highest BCUT2D eigenvalue weighted by atomic mass is 16.5. The van der Waals surface area contributed by atoms with Crippen LogP contribution in [-0.4, -0.2) is 40.1 Å². The quantitative estimate of drug-likeness (QED) is 0.563. The Morgan fingerprint density at radius 2 is 1.88 bits per heavy atom. The average molecular weight is 349 g/mol. The zero-order valence-corrected chi connectivity index (χ0v) is 14.4. The number of likely N-dealkylation sites (N-methyl/N-ethyl adjacent to an activating group) is 1. The van der Waals surface area contributed by atoms with Crippen molar-refractivity contribution in [3.8, 4) is 0 Å². The second kappa shape index (κ2) is 6.31. The van der Waals surface area contributed by atoms with E-state index >= 15 is 0 Å². The molecule has 1 aliphatic rings. The average Bonchev–Trinajstić information content (AvgIpc) is 2.99. The van der Waals surface area contributed by atoms with Gasteiger partial charge in [0.1, 0.15) is 5.69 Å². The molecule has 0 bridgehead atoms. The Morgan fingerprint density at radius 3 is 2.62 bits per heavy atom. The number of carbonyl (C=O) groups is 2. The van der Waals surface area contributed by atoms with Gasteiger partial charge in [-0.2, -0.15) is 0 Å². The number of para-hydroxylation sites is 1. The molecule has 2 amide bonds. The van der Waals surface area contributed by atoms with E-state index in [1.165, 1.54) is 0 Å². The maximum absolute atomic E-state index is 12.8. The lowest BCUT2D eigenvalue weighted by atomic mass is 10.0. The molecule has 2 aromatic carbocycles. The third-order valence-corrected chi connectivity index (χ3v) is 4.98. The molecule has 0 saturated heterocycles. The summed E-state index contributed by atoms with van der Waals surface area (Å²) < 4.78 is 2.06. The monoisotopic (exact) mass is 349 g/mol. The lowest BCUT2D eigenvalue weighted by Gasteiger charge is -2.24. The van der Waals surface area contributed by atoms with Crippen LogP contribution in [0.1, 0.15) is 32.0 Å². The predicted octanol–water partition coefficient (Wildman–Crippen LogP) is 2.44. The van der Waals surface area contributed by atoms with Gasteiger partial charge in [-0.3, -0.25) is 14.8 Å². The van der Waals surface area contributed by atoms with Crippen LogP contribution in [0.2, 0.25) is 0 Å². The Kier molecular flexibility index (Phi) is 3.97. The first-order chi connectivity index (χ1) is 12.6. The van der Waals surface area contributed by atoms with Crippen molar-refractivity contribution in [1.82, 2.24) is 14.9 Å². The van der Waals surface area contributed by atoms with Gasteiger partial charge in [-0.15, -0.1) is 0 Å². The molecule has 6 nitrogen and oxygen atoms in total. The van der Waals surface area contributed by atoms with E-state index in [2.05, 4.69) is 10.6 Å². The van der Waals surface area contributed by atoms with E-state index in [1.54, 1.807) is 22.5 Å². The van der Waals surface area contributed by atoms with Crippen molar-refractivity contribution >= 4 is 22.7 Å². The fourth-order valence-corrected chi connectivity index (χ4v) is 3.61. The summed E-state index contributed by atoms with van der Waals surface area (Å²) in [4.78, 5) is 26.0. The van der Waals surface area contributed by atoms with E-state index in [4.69, 9.17) is 5.21 Å². The van der Waals surface area contributed by atoms with E-state index < -0.39 is 5.91 Å². The normalized spacial score (nSPS) is 13.8. The molecule has 1 aliphatic heterocycles. The zero-order valence-electron chi connectivity index (χ0n) is 14.4. The maximum atomic E-state index is 12.8. The van der Waals surface area contributed by atoms with E-state index in [9.17, 15) is 9.59 Å². The Balaban J connectivity index is 1.79. The second-order valence-corrected chi connectivity index (χ2v) is 6.55. The number of fused-ring (bicyclic) bond motifs is 3.